The van der Waals surface area contributed by atoms with E-state index < -0.39 is 0 Å². The number of amides is 1. The SMILES string of the molecule is C[C@@H]1CC[C@H](C)N1[C@@H](C)C(=O)NCCCOCCc1ccccc1. The number of ether oxygens (including phenoxy) is 1. The Morgan fingerprint density at radius 3 is 2.54 bits per heavy atom. The molecule has 0 saturated carbocycles. The van der Waals surface area contributed by atoms with Crippen molar-refractivity contribution in [2.75, 3.05) is 19.8 Å². The first-order valence-electron chi connectivity index (χ1n) is 9.26. The van der Waals surface area contributed by atoms with Crippen LogP contribution in [0.4, 0.5) is 0 Å². The van der Waals surface area contributed by atoms with Crippen molar-refractivity contribution in [3.63, 3.8) is 0 Å². The number of benzene rings is 1. The van der Waals surface area contributed by atoms with Crippen molar-refractivity contribution in [2.24, 2.45) is 0 Å². The summed E-state index contributed by atoms with van der Waals surface area (Å²) in [6, 6.07) is 11.3. The monoisotopic (exact) mass is 332 g/mol. The zero-order valence-corrected chi connectivity index (χ0v) is 15.3. The van der Waals surface area contributed by atoms with Crippen LogP contribution in [0.2, 0.25) is 0 Å². The normalized spacial score (nSPS) is 22.5. The molecule has 24 heavy (non-hydrogen) atoms. The van der Waals surface area contributed by atoms with Gasteiger partial charge in [-0.1, -0.05) is 30.3 Å². The van der Waals surface area contributed by atoms with Gasteiger partial charge in [0.1, 0.15) is 0 Å². The average Bonchev–Trinajstić information content (AvgIpc) is 2.92. The van der Waals surface area contributed by atoms with Crippen LogP contribution in [0.25, 0.3) is 0 Å². The summed E-state index contributed by atoms with van der Waals surface area (Å²) >= 11 is 0. The molecule has 1 saturated heterocycles. The third-order valence-electron chi connectivity index (χ3n) is 4.99. The molecule has 0 spiro atoms. The van der Waals surface area contributed by atoms with E-state index in [2.05, 4.69) is 36.2 Å². The number of carbonyl (C=O) groups excluding carboxylic acids is 1. The molecule has 1 aliphatic rings. The lowest BCUT2D eigenvalue weighted by Gasteiger charge is -2.31. The predicted molar refractivity (Wildman–Crippen MR) is 98.1 cm³/mol. The molecular weight excluding hydrogens is 300 g/mol. The number of likely N-dealkylation sites (tertiary alicyclic amines) is 1. The van der Waals surface area contributed by atoms with E-state index in [0.717, 1.165) is 19.4 Å². The summed E-state index contributed by atoms with van der Waals surface area (Å²) in [7, 11) is 0. The van der Waals surface area contributed by atoms with Gasteiger partial charge in [-0.05, 0) is 52.0 Å². The van der Waals surface area contributed by atoms with Gasteiger partial charge in [0.25, 0.3) is 0 Å². The Morgan fingerprint density at radius 2 is 1.88 bits per heavy atom. The van der Waals surface area contributed by atoms with Crippen molar-refractivity contribution in [2.45, 2.75) is 64.6 Å². The molecule has 134 valence electrons. The fourth-order valence-electron chi connectivity index (χ4n) is 3.58. The summed E-state index contributed by atoms with van der Waals surface area (Å²) in [6.45, 7) is 8.56. The highest BCUT2D eigenvalue weighted by Gasteiger charge is 2.33. The molecule has 0 aliphatic carbocycles. The van der Waals surface area contributed by atoms with Gasteiger partial charge in [0.15, 0.2) is 0 Å². The average molecular weight is 332 g/mol. The summed E-state index contributed by atoms with van der Waals surface area (Å²) in [4.78, 5) is 14.6. The second kappa shape index (κ2) is 9.80. The van der Waals surface area contributed by atoms with Crippen molar-refractivity contribution < 1.29 is 9.53 Å². The Balaban J connectivity index is 1.54. The molecule has 1 fully saturated rings. The van der Waals surface area contributed by atoms with Crippen LogP contribution < -0.4 is 5.32 Å². The second-order valence-corrected chi connectivity index (χ2v) is 6.89. The molecule has 0 aromatic heterocycles. The smallest absolute Gasteiger partial charge is 0.237 e. The minimum Gasteiger partial charge on any atom is -0.381 e. The lowest BCUT2D eigenvalue weighted by molar-refractivity contribution is -0.126. The van der Waals surface area contributed by atoms with Crippen molar-refractivity contribution in [3.8, 4) is 0 Å². The van der Waals surface area contributed by atoms with E-state index in [9.17, 15) is 4.79 Å². The van der Waals surface area contributed by atoms with Crippen LogP contribution >= 0.6 is 0 Å². The van der Waals surface area contributed by atoms with Gasteiger partial charge in [0.2, 0.25) is 5.91 Å². The van der Waals surface area contributed by atoms with Crippen LogP contribution in [0, 0.1) is 0 Å². The third-order valence-corrected chi connectivity index (χ3v) is 4.99. The lowest BCUT2D eigenvalue weighted by Crippen LogP contribution is -2.49. The Morgan fingerprint density at radius 1 is 1.21 bits per heavy atom. The zero-order chi connectivity index (χ0) is 17.4. The van der Waals surface area contributed by atoms with Gasteiger partial charge in [-0.3, -0.25) is 9.69 Å². The van der Waals surface area contributed by atoms with Crippen molar-refractivity contribution in [1.82, 2.24) is 10.2 Å². The molecular formula is C20H32N2O2. The number of rotatable bonds is 9. The summed E-state index contributed by atoms with van der Waals surface area (Å²) < 4.78 is 5.65. The van der Waals surface area contributed by atoms with E-state index in [1.165, 1.54) is 18.4 Å². The highest BCUT2D eigenvalue weighted by molar-refractivity contribution is 5.81. The van der Waals surface area contributed by atoms with Gasteiger partial charge in [-0.2, -0.15) is 0 Å². The topological polar surface area (TPSA) is 41.6 Å². The maximum absolute atomic E-state index is 12.3. The first-order valence-corrected chi connectivity index (χ1v) is 9.26. The molecule has 1 aromatic rings. The maximum Gasteiger partial charge on any atom is 0.237 e. The molecule has 3 atom stereocenters. The first kappa shape index (κ1) is 18.9. The Bertz CT molecular complexity index is 482. The number of hydrogen-bond donors (Lipinski definition) is 1. The Labute approximate surface area is 146 Å². The molecule has 1 N–H and O–H groups in total. The molecule has 0 bridgehead atoms. The highest BCUT2D eigenvalue weighted by Crippen LogP contribution is 2.25. The van der Waals surface area contributed by atoms with Crippen LogP contribution in [0.3, 0.4) is 0 Å². The van der Waals surface area contributed by atoms with E-state index in [-0.39, 0.29) is 11.9 Å². The maximum atomic E-state index is 12.3. The van der Waals surface area contributed by atoms with Gasteiger partial charge >= 0.3 is 0 Å². The number of carbonyl (C=O) groups is 1. The fourth-order valence-corrected chi connectivity index (χ4v) is 3.58. The number of nitrogens with zero attached hydrogens (tertiary/aromatic N) is 1. The van der Waals surface area contributed by atoms with Crippen LogP contribution in [0.1, 0.15) is 45.6 Å². The van der Waals surface area contributed by atoms with E-state index in [1.807, 2.05) is 25.1 Å². The zero-order valence-electron chi connectivity index (χ0n) is 15.3. The van der Waals surface area contributed by atoms with Gasteiger partial charge in [0, 0.05) is 25.2 Å². The van der Waals surface area contributed by atoms with E-state index >= 15 is 0 Å². The molecule has 4 nitrogen and oxygen atoms in total. The second-order valence-electron chi connectivity index (χ2n) is 6.89. The van der Waals surface area contributed by atoms with Crippen molar-refractivity contribution >= 4 is 5.91 Å². The Hall–Kier alpha value is -1.39. The van der Waals surface area contributed by atoms with Crippen molar-refractivity contribution in [1.29, 1.82) is 0 Å². The molecule has 1 aromatic carbocycles. The lowest BCUT2D eigenvalue weighted by atomic mass is 10.2. The van der Waals surface area contributed by atoms with Crippen LogP contribution in [-0.2, 0) is 16.0 Å². The standard InChI is InChI=1S/C20H32N2O2/c1-16-10-11-17(2)22(16)18(3)20(23)21-13-7-14-24-15-12-19-8-5-4-6-9-19/h4-6,8-9,16-18H,7,10-15H2,1-3H3,(H,21,23)/t16-,17+,18-/m0/s1. The van der Waals surface area contributed by atoms with E-state index in [0.29, 0.717) is 25.2 Å². The van der Waals surface area contributed by atoms with Gasteiger partial charge < -0.3 is 10.1 Å². The molecule has 1 amide bonds. The quantitative estimate of drug-likeness (QED) is 0.707. The third kappa shape index (κ3) is 5.60. The van der Waals surface area contributed by atoms with Crippen LogP contribution in [-0.4, -0.2) is 48.7 Å². The van der Waals surface area contributed by atoms with E-state index in [4.69, 9.17) is 4.74 Å². The molecule has 0 unspecified atom stereocenters. The predicted octanol–water partition coefficient (Wildman–Crippen LogP) is 3.01. The first-order chi connectivity index (χ1) is 11.6. The number of nitrogens with one attached hydrogen (secondary N) is 1. The molecule has 0 radical (unpaired) electrons. The largest absolute Gasteiger partial charge is 0.381 e. The summed E-state index contributed by atoms with van der Waals surface area (Å²) in [5.74, 6) is 0.139. The van der Waals surface area contributed by atoms with Crippen LogP contribution in [0.15, 0.2) is 30.3 Å². The fraction of sp³-hybridized carbons (Fsp3) is 0.650. The molecule has 1 aliphatic heterocycles. The molecule has 2 rings (SSSR count). The minimum atomic E-state index is -0.0449. The van der Waals surface area contributed by atoms with Crippen LogP contribution in [0.5, 0.6) is 0 Å². The van der Waals surface area contributed by atoms with E-state index in [1.54, 1.807) is 0 Å². The number of hydrogen-bond acceptors (Lipinski definition) is 3. The van der Waals surface area contributed by atoms with Gasteiger partial charge in [-0.15, -0.1) is 0 Å². The van der Waals surface area contributed by atoms with Gasteiger partial charge in [0.05, 0.1) is 12.6 Å². The minimum absolute atomic E-state index is 0.0449. The van der Waals surface area contributed by atoms with Crippen molar-refractivity contribution in [3.05, 3.63) is 35.9 Å². The molecule has 1 heterocycles. The summed E-state index contributed by atoms with van der Waals surface area (Å²) in [5.41, 5.74) is 1.30. The summed E-state index contributed by atoms with van der Waals surface area (Å²) in [6.07, 6.45) is 4.18. The highest BCUT2D eigenvalue weighted by atomic mass is 16.5. The Kier molecular flexibility index (Phi) is 7.73. The van der Waals surface area contributed by atoms with Gasteiger partial charge in [-0.25, -0.2) is 0 Å². The molecule has 4 heteroatoms. The summed E-state index contributed by atoms with van der Waals surface area (Å²) in [5, 5.41) is 3.05.